The van der Waals surface area contributed by atoms with Crippen molar-refractivity contribution in [2.45, 2.75) is 50.7 Å². The molecule has 2 bridgehead atoms. The quantitative estimate of drug-likeness (QED) is 0.901. The summed E-state index contributed by atoms with van der Waals surface area (Å²) in [5.74, 6) is 1.88. The predicted molar refractivity (Wildman–Crippen MR) is 76.8 cm³/mol. The first-order valence-electron chi connectivity index (χ1n) is 7.33. The Hall–Kier alpha value is -1.29. The van der Waals surface area contributed by atoms with Gasteiger partial charge in [0.15, 0.2) is 11.6 Å². The van der Waals surface area contributed by atoms with Gasteiger partial charge in [0.2, 0.25) is 0 Å². The van der Waals surface area contributed by atoms with Gasteiger partial charge in [-0.05, 0) is 44.7 Å². The predicted octanol–water partition coefficient (Wildman–Crippen LogP) is 2.20. The van der Waals surface area contributed by atoms with Gasteiger partial charge in [-0.3, -0.25) is 0 Å². The summed E-state index contributed by atoms with van der Waals surface area (Å²) < 4.78 is 5.47. The Balaban J connectivity index is 1.84. The van der Waals surface area contributed by atoms with Crippen LogP contribution in [0.4, 0.5) is 5.82 Å². The third-order valence-corrected chi connectivity index (χ3v) is 4.47. The number of hydrogen-bond donors (Lipinski definition) is 1. The number of anilines is 1. The van der Waals surface area contributed by atoms with Crippen LogP contribution in [-0.4, -0.2) is 36.8 Å². The Bertz CT molecular complexity index is 425. The molecule has 0 radical (unpaired) electrons. The fourth-order valence-corrected chi connectivity index (χ4v) is 3.62. The van der Waals surface area contributed by atoms with Gasteiger partial charge < -0.3 is 15.0 Å². The highest BCUT2D eigenvalue weighted by atomic mass is 16.5. The molecule has 4 heteroatoms. The molecule has 2 aliphatic heterocycles. The highest BCUT2D eigenvalue weighted by Crippen LogP contribution is 2.34. The van der Waals surface area contributed by atoms with E-state index in [9.17, 15) is 0 Å². The van der Waals surface area contributed by atoms with Gasteiger partial charge in [-0.1, -0.05) is 0 Å². The van der Waals surface area contributed by atoms with Crippen molar-refractivity contribution in [3.8, 4) is 5.75 Å². The second kappa shape index (κ2) is 5.37. The van der Waals surface area contributed by atoms with Crippen molar-refractivity contribution in [3.05, 3.63) is 18.3 Å². The molecule has 3 rings (SSSR count). The molecule has 2 atom stereocenters. The molecule has 2 unspecified atom stereocenters. The van der Waals surface area contributed by atoms with Gasteiger partial charge >= 0.3 is 0 Å². The molecule has 2 aliphatic rings. The molecule has 2 fully saturated rings. The maximum absolute atomic E-state index is 5.47. The molecular formula is C15H23N3O. The number of nitrogens with one attached hydrogen (secondary N) is 1. The maximum Gasteiger partial charge on any atom is 0.171 e. The number of rotatable bonds is 4. The molecule has 104 valence electrons. The summed E-state index contributed by atoms with van der Waals surface area (Å²) in [4.78, 5) is 6.97. The topological polar surface area (TPSA) is 37.4 Å². The number of aromatic nitrogens is 1. The van der Waals surface area contributed by atoms with Crippen LogP contribution in [0.5, 0.6) is 5.75 Å². The first-order valence-corrected chi connectivity index (χ1v) is 7.33. The fraction of sp³-hybridized carbons (Fsp3) is 0.667. The van der Waals surface area contributed by atoms with E-state index in [1.54, 1.807) is 7.11 Å². The summed E-state index contributed by atoms with van der Waals surface area (Å²) >= 11 is 0. The number of fused-ring (bicyclic) bond motifs is 2. The minimum absolute atomic E-state index is 0.590. The zero-order valence-corrected chi connectivity index (χ0v) is 11.8. The van der Waals surface area contributed by atoms with Gasteiger partial charge in [0.25, 0.3) is 0 Å². The van der Waals surface area contributed by atoms with E-state index in [0.717, 1.165) is 18.1 Å². The number of ether oxygens (including phenoxy) is 1. The van der Waals surface area contributed by atoms with Crippen LogP contribution in [0.15, 0.2) is 18.3 Å². The molecule has 2 saturated heterocycles. The normalized spacial score (nSPS) is 29.3. The van der Waals surface area contributed by atoms with E-state index in [0.29, 0.717) is 18.1 Å². The van der Waals surface area contributed by atoms with Crippen LogP contribution < -0.4 is 15.0 Å². The van der Waals surface area contributed by atoms with E-state index in [1.807, 2.05) is 18.3 Å². The highest BCUT2D eigenvalue weighted by molar-refractivity contribution is 5.53. The van der Waals surface area contributed by atoms with Gasteiger partial charge in [0.1, 0.15) is 0 Å². The molecule has 19 heavy (non-hydrogen) atoms. The molecule has 0 amide bonds. The first kappa shape index (κ1) is 12.7. The van der Waals surface area contributed by atoms with E-state index < -0.39 is 0 Å². The van der Waals surface area contributed by atoms with Gasteiger partial charge in [-0.2, -0.15) is 0 Å². The summed E-state index contributed by atoms with van der Waals surface area (Å²) in [5.41, 5.74) is 0. The maximum atomic E-state index is 5.47. The Labute approximate surface area is 115 Å². The average molecular weight is 261 g/mol. The van der Waals surface area contributed by atoms with E-state index in [2.05, 4.69) is 22.1 Å². The smallest absolute Gasteiger partial charge is 0.171 e. The molecule has 0 aromatic carbocycles. The van der Waals surface area contributed by atoms with Crippen LogP contribution in [0, 0.1) is 0 Å². The number of hydrogen-bond acceptors (Lipinski definition) is 4. The van der Waals surface area contributed by atoms with Crippen molar-refractivity contribution in [2.75, 3.05) is 18.6 Å². The first-order chi connectivity index (χ1) is 9.31. The number of pyridine rings is 1. The second-order valence-electron chi connectivity index (χ2n) is 5.58. The molecule has 0 spiro atoms. The second-order valence-corrected chi connectivity index (χ2v) is 5.58. The summed E-state index contributed by atoms with van der Waals surface area (Å²) in [6.07, 6.45) is 6.97. The van der Waals surface area contributed by atoms with E-state index in [4.69, 9.17) is 4.74 Å². The molecule has 1 aromatic rings. The van der Waals surface area contributed by atoms with Crippen molar-refractivity contribution in [1.29, 1.82) is 0 Å². The average Bonchev–Trinajstić information content (AvgIpc) is 2.79. The van der Waals surface area contributed by atoms with Gasteiger partial charge in [-0.15, -0.1) is 0 Å². The zero-order chi connectivity index (χ0) is 13.2. The van der Waals surface area contributed by atoms with Crippen LogP contribution in [0.3, 0.4) is 0 Å². The molecule has 1 N–H and O–H groups in total. The van der Waals surface area contributed by atoms with E-state index in [-0.39, 0.29) is 0 Å². The van der Waals surface area contributed by atoms with Crippen LogP contribution in [0.1, 0.15) is 32.6 Å². The summed E-state index contributed by atoms with van der Waals surface area (Å²) in [7, 11) is 1.72. The Morgan fingerprint density at radius 3 is 2.74 bits per heavy atom. The van der Waals surface area contributed by atoms with Gasteiger partial charge in [-0.25, -0.2) is 4.98 Å². The summed E-state index contributed by atoms with van der Waals surface area (Å²) in [6, 6.07) is 5.93. The standard InChI is InChI=1S/C15H23N3O/c1-3-18(15-14(19-2)5-4-8-16-15)13-9-11-6-7-12(10-13)17-11/h4-5,8,11-13,17H,3,6-7,9-10H2,1-2H3. The number of piperidine rings is 1. The minimum Gasteiger partial charge on any atom is -0.493 e. The highest BCUT2D eigenvalue weighted by Gasteiger charge is 2.36. The van der Waals surface area contributed by atoms with Crippen molar-refractivity contribution >= 4 is 5.82 Å². The Kier molecular flexibility index (Phi) is 3.60. The molecular weight excluding hydrogens is 238 g/mol. The third kappa shape index (κ3) is 2.41. The number of methoxy groups -OCH3 is 1. The van der Waals surface area contributed by atoms with Crippen LogP contribution >= 0.6 is 0 Å². The summed E-state index contributed by atoms with van der Waals surface area (Å²) in [5, 5.41) is 3.70. The monoisotopic (exact) mass is 261 g/mol. The molecule has 0 aliphatic carbocycles. The van der Waals surface area contributed by atoms with Crippen LogP contribution in [0.25, 0.3) is 0 Å². The minimum atomic E-state index is 0.590. The molecule has 1 aromatic heterocycles. The Morgan fingerprint density at radius 1 is 1.37 bits per heavy atom. The SMILES string of the molecule is CCN(c1ncccc1OC)C1CC2CCC(C1)N2. The lowest BCUT2D eigenvalue weighted by Crippen LogP contribution is -2.48. The van der Waals surface area contributed by atoms with Crippen LogP contribution in [0.2, 0.25) is 0 Å². The van der Waals surface area contributed by atoms with Crippen LogP contribution in [-0.2, 0) is 0 Å². The van der Waals surface area contributed by atoms with E-state index >= 15 is 0 Å². The molecule has 0 saturated carbocycles. The molecule has 4 nitrogen and oxygen atoms in total. The van der Waals surface area contributed by atoms with Crippen molar-refractivity contribution in [3.63, 3.8) is 0 Å². The van der Waals surface area contributed by atoms with Crippen molar-refractivity contribution in [1.82, 2.24) is 10.3 Å². The van der Waals surface area contributed by atoms with Crippen molar-refractivity contribution in [2.24, 2.45) is 0 Å². The molecule has 3 heterocycles. The largest absolute Gasteiger partial charge is 0.493 e. The third-order valence-electron chi connectivity index (χ3n) is 4.47. The fourth-order valence-electron chi connectivity index (χ4n) is 3.62. The van der Waals surface area contributed by atoms with Crippen molar-refractivity contribution < 1.29 is 4.74 Å². The lowest BCUT2D eigenvalue weighted by atomic mass is 9.98. The van der Waals surface area contributed by atoms with Gasteiger partial charge in [0.05, 0.1) is 7.11 Å². The lowest BCUT2D eigenvalue weighted by molar-refractivity contribution is 0.343. The Morgan fingerprint density at radius 2 is 2.11 bits per heavy atom. The zero-order valence-electron chi connectivity index (χ0n) is 11.8. The lowest BCUT2D eigenvalue weighted by Gasteiger charge is -2.38. The number of nitrogens with zero attached hydrogens (tertiary/aromatic N) is 2. The van der Waals surface area contributed by atoms with E-state index in [1.165, 1.54) is 25.7 Å². The summed E-state index contributed by atoms with van der Waals surface area (Å²) in [6.45, 7) is 3.19. The van der Waals surface area contributed by atoms with Gasteiger partial charge in [0, 0.05) is 30.9 Å².